The predicted octanol–water partition coefficient (Wildman–Crippen LogP) is 3.78. The molecule has 0 bridgehead atoms. The van der Waals surface area contributed by atoms with Gasteiger partial charge in [0.25, 0.3) is 0 Å². The number of aryl methyl sites for hydroxylation is 1. The van der Waals surface area contributed by atoms with Crippen LogP contribution in [-0.4, -0.2) is 20.3 Å². The van der Waals surface area contributed by atoms with E-state index in [2.05, 4.69) is 41.9 Å². The molecule has 4 heteroatoms. The fourth-order valence-electron chi connectivity index (χ4n) is 2.80. The second-order valence-corrected chi connectivity index (χ2v) is 6.11. The topological polar surface area (TPSA) is 30.5 Å². The van der Waals surface area contributed by atoms with Gasteiger partial charge in [-0.15, -0.1) is 11.3 Å². The Balaban J connectivity index is 2.01. The van der Waals surface area contributed by atoms with Crippen LogP contribution in [0.15, 0.2) is 29.6 Å². The van der Waals surface area contributed by atoms with Crippen LogP contribution >= 0.6 is 11.3 Å². The summed E-state index contributed by atoms with van der Waals surface area (Å²) < 4.78 is 11.3. The monoisotopic (exact) mass is 303 g/mol. The van der Waals surface area contributed by atoms with Gasteiger partial charge in [0.05, 0.1) is 19.8 Å². The minimum absolute atomic E-state index is 0.164. The molecule has 3 nitrogen and oxygen atoms in total. The van der Waals surface area contributed by atoms with Gasteiger partial charge < -0.3 is 14.8 Å². The molecule has 0 saturated heterocycles. The van der Waals surface area contributed by atoms with Gasteiger partial charge in [0.1, 0.15) is 11.5 Å². The summed E-state index contributed by atoms with van der Waals surface area (Å²) in [6.07, 6.45) is 2.21. The molecule has 0 fully saturated rings. The predicted molar refractivity (Wildman–Crippen MR) is 86.6 cm³/mol. The normalized spacial score (nSPS) is 15.1. The summed E-state index contributed by atoms with van der Waals surface area (Å²) in [5, 5.41) is 5.63. The van der Waals surface area contributed by atoms with Crippen molar-refractivity contribution in [3.05, 3.63) is 45.6 Å². The number of ether oxygens (including phenoxy) is 2. The van der Waals surface area contributed by atoms with E-state index in [9.17, 15) is 0 Å². The van der Waals surface area contributed by atoms with Gasteiger partial charge >= 0.3 is 0 Å². The van der Waals surface area contributed by atoms with E-state index in [1.165, 1.54) is 16.0 Å². The number of thiophene rings is 1. The van der Waals surface area contributed by atoms with Crippen LogP contribution in [0.2, 0.25) is 0 Å². The molecule has 1 aliphatic rings. The third-order valence-corrected chi connectivity index (χ3v) is 4.77. The van der Waals surface area contributed by atoms with Crippen LogP contribution in [0.1, 0.15) is 35.4 Å². The molecular formula is C17H21NO2S. The van der Waals surface area contributed by atoms with Crippen molar-refractivity contribution in [3.8, 4) is 11.5 Å². The molecular weight excluding hydrogens is 282 g/mol. The van der Waals surface area contributed by atoms with E-state index in [0.29, 0.717) is 0 Å². The van der Waals surface area contributed by atoms with E-state index in [1.807, 2.05) is 0 Å². The molecule has 1 atom stereocenters. The maximum Gasteiger partial charge on any atom is 0.129 e. The van der Waals surface area contributed by atoms with Gasteiger partial charge in [-0.05, 0) is 31.0 Å². The molecule has 0 aliphatic carbocycles. The fourth-order valence-corrected chi connectivity index (χ4v) is 3.75. The smallest absolute Gasteiger partial charge is 0.129 e. The summed E-state index contributed by atoms with van der Waals surface area (Å²) in [4.78, 5) is 1.26. The second kappa shape index (κ2) is 6.50. The third-order valence-electron chi connectivity index (χ3n) is 3.80. The molecule has 2 heterocycles. The minimum Gasteiger partial charge on any atom is -0.496 e. The molecule has 112 valence electrons. The van der Waals surface area contributed by atoms with E-state index in [1.54, 1.807) is 18.4 Å². The Labute approximate surface area is 129 Å². The maximum absolute atomic E-state index is 5.97. The van der Waals surface area contributed by atoms with Crippen LogP contribution < -0.4 is 14.8 Å². The number of hydrogen-bond donors (Lipinski definition) is 1. The highest BCUT2D eigenvalue weighted by atomic mass is 32.1. The summed E-state index contributed by atoms with van der Waals surface area (Å²) in [6.45, 7) is 3.86. The number of para-hydroxylation sites is 1. The highest BCUT2D eigenvalue weighted by Gasteiger charge is 2.23. The van der Waals surface area contributed by atoms with Gasteiger partial charge in [-0.1, -0.05) is 25.1 Å². The Morgan fingerprint density at radius 3 is 3.10 bits per heavy atom. The molecule has 3 rings (SSSR count). The van der Waals surface area contributed by atoms with Gasteiger partial charge in [-0.3, -0.25) is 0 Å². The van der Waals surface area contributed by atoms with Crippen LogP contribution in [-0.2, 0) is 6.42 Å². The lowest BCUT2D eigenvalue weighted by molar-refractivity contribution is 0.283. The number of methoxy groups -OCH3 is 1. The summed E-state index contributed by atoms with van der Waals surface area (Å²) in [7, 11) is 1.71. The summed E-state index contributed by atoms with van der Waals surface area (Å²) in [6, 6.07) is 8.76. The number of fused-ring (bicyclic) bond motifs is 1. The zero-order chi connectivity index (χ0) is 14.7. The lowest BCUT2D eigenvalue weighted by Crippen LogP contribution is -2.23. The highest BCUT2D eigenvalue weighted by molar-refractivity contribution is 7.10. The van der Waals surface area contributed by atoms with Crippen molar-refractivity contribution in [1.82, 2.24) is 5.32 Å². The lowest BCUT2D eigenvalue weighted by atomic mass is 9.97. The van der Waals surface area contributed by atoms with Gasteiger partial charge in [0.15, 0.2) is 0 Å². The zero-order valence-electron chi connectivity index (χ0n) is 12.5. The molecule has 0 saturated carbocycles. The van der Waals surface area contributed by atoms with Gasteiger partial charge in [-0.2, -0.15) is 0 Å². The van der Waals surface area contributed by atoms with Crippen molar-refractivity contribution < 1.29 is 9.47 Å². The molecule has 2 aromatic rings. The Hall–Kier alpha value is -1.52. The first-order valence-corrected chi connectivity index (χ1v) is 8.31. The molecule has 21 heavy (non-hydrogen) atoms. The fraction of sp³-hybridized carbons (Fsp3) is 0.412. The lowest BCUT2D eigenvalue weighted by Gasteiger charge is -2.25. The number of rotatable bonds is 5. The molecule has 0 spiro atoms. The number of hydrogen-bond acceptors (Lipinski definition) is 4. The van der Waals surface area contributed by atoms with Crippen LogP contribution in [0.4, 0.5) is 0 Å². The van der Waals surface area contributed by atoms with Gasteiger partial charge in [-0.25, -0.2) is 0 Å². The van der Waals surface area contributed by atoms with Crippen LogP contribution in [0.3, 0.4) is 0 Å². The second-order valence-electron chi connectivity index (χ2n) is 5.17. The third kappa shape index (κ3) is 2.92. The van der Waals surface area contributed by atoms with E-state index >= 15 is 0 Å². The average Bonchev–Trinajstić information content (AvgIpc) is 3.01. The SMILES string of the molecule is CCNC(c1cc(OC)cs1)c1cccc2c1OCCC2. The Bertz CT molecular complexity index is 609. The molecule has 1 aliphatic heterocycles. The molecule has 0 amide bonds. The Kier molecular flexibility index (Phi) is 4.46. The average molecular weight is 303 g/mol. The molecule has 1 N–H and O–H groups in total. The standard InChI is InChI=1S/C17H21NO2S/c1-3-18-16(15-10-13(19-2)11-21-15)14-8-4-6-12-7-5-9-20-17(12)14/h4,6,8,10-11,16,18H,3,5,7,9H2,1-2H3. The summed E-state index contributed by atoms with van der Waals surface area (Å²) >= 11 is 1.72. The van der Waals surface area contributed by atoms with E-state index in [0.717, 1.165) is 37.5 Å². The number of nitrogens with one attached hydrogen (secondary N) is 1. The van der Waals surface area contributed by atoms with Crippen molar-refractivity contribution in [2.75, 3.05) is 20.3 Å². The molecule has 1 unspecified atom stereocenters. The summed E-state index contributed by atoms with van der Waals surface area (Å²) in [5.41, 5.74) is 2.56. The van der Waals surface area contributed by atoms with Crippen LogP contribution in [0.25, 0.3) is 0 Å². The Morgan fingerprint density at radius 1 is 1.43 bits per heavy atom. The van der Waals surface area contributed by atoms with Crippen molar-refractivity contribution >= 4 is 11.3 Å². The molecule has 1 aromatic heterocycles. The van der Waals surface area contributed by atoms with E-state index in [4.69, 9.17) is 9.47 Å². The number of benzene rings is 1. The first-order chi connectivity index (χ1) is 10.3. The Morgan fingerprint density at radius 2 is 2.33 bits per heavy atom. The van der Waals surface area contributed by atoms with Crippen molar-refractivity contribution in [1.29, 1.82) is 0 Å². The minimum atomic E-state index is 0.164. The van der Waals surface area contributed by atoms with E-state index < -0.39 is 0 Å². The van der Waals surface area contributed by atoms with Gasteiger partial charge in [0.2, 0.25) is 0 Å². The quantitative estimate of drug-likeness (QED) is 0.912. The van der Waals surface area contributed by atoms with Crippen molar-refractivity contribution in [3.63, 3.8) is 0 Å². The first kappa shape index (κ1) is 14.4. The first-order valence-electron chi connectivity index (χ1n) is 7.44. The van der Waals surface area contributed by atoms with Crippen molar-refractivity contribution in [2.45, 2.75) is 25.8 Å². The van der Waals surface area contributed by atoms with Crippen LogP contribution in [0.5, 0.6) is 11.5 Å². The maximum atomic E-state index is 5.97. The zero-order valence-corrected chi connectivity index (χ0v) is 13.3. The summed E-state index contributed by atoms with van der Waals surface area (Å²) in [5.74, 6) is 1.99. The van der Waals surface area contributed by atoms with E-state index in [-0.39, 0.29) is 6.04 Å². The van der Waals surface area contributed by atoms with Crippen LogP contribution in [0, 0.1) is 0 Å². The van der Waals surface area contributed by atoms with Crippen molar-refractivity contribution in [2.24, 2.45) is 0 Å². The highest BCUT2D eigenvalue weighted by Crippen LogP contribution is 2.38. The van der Waals surface area contributed by atoms with Gasteiger partial charge in [0, 0.05) is 15.8 Å². The molecule has 0 radical (unpaired) electrons. The largest absolute Gasteiger partial charge is 0.496 e. The molecule has 1 aromatic carbocycles.